The SMILES string of the molecule is CC(C)Oc1ccc(NC(N)=NCc2ccc(N3CCSCC3)cc2)cc1. The lowest BCUT2D eigenvalue weighted by atomic mass is 10.2. The molecule has 1 aliphatic rings. The van der Waals surface area contributed by atoms with Gasteiger partial charge in [-0.2, -0.15) is 11.8 Å². The van der Waals surface area contributed by atoms with Crippen molar-refractivity contribution in [1.29, 1.82) is 0 Å². The summed E-state index contributed by atoms with van der Waals surface area (Å²) in [5.41, 5.74) is 9.35. The van der Waals surface area contributed by atoms with Gasteiger partial charge in [0.05, 0.1) is 12.6 Å². The number of benzene rings is 2. The minimum Gasteiger partial charge on any atom is -0.491 e. The Hall–Kier alpha value is -2.34. The van der Waals surface area contributed by atoms with Crippen LogP contribution in [0.5, 0.6) is 5.75 Å². The van der Waals surface area contributed by atoms with Crippen molar-refractivity contribution in [3.05, 3.63) is 54.1 Å². The van der Waals surface area contributed by atoms with Crippen molar-refractivity contribution in [2.24, 2.45) is 10.7 Å². The zero-order chi connectivity index (χ0) is 19.1. The molecule has 3 rings (SSSR count). The molecule has 2 aromatic rings. The fourth-order valence-electron chi connectivity index (χ4n) is 2.89. The van der Waals surface area contributed by atoms with Crippen LogP contribution in [0.3, 0.4) is 0 Å². The number of guanidine groups is 1. The van der Waals surface area contributed by atoms with Crippen molar-refractivity contribution in [3.63, 3.8) is 0 Å². The molecule has 0 unspecified atom stereocenters. The average Bonchev–Trinajstić information content (AvgIpc) is 2.69. The molecule has 2 aromatic carbocycles. The molecule has 0 radical (unpaired) electrons. The van der Waals surface area contributed by atoms with E-state index in [0.717, 1.165) is 30.1 Å². The summed E-state index contributed by atoms with van der Waals surface area (Å²) in [6.45, 7) is 6.83. The van der Waals surface area contributed by atoms with E-state index >= 15 is 0 Å². The second-order valence-corrected chi connectivity index (χ2v) is 8.01. The molecule has 5 nitrogen and oxygen atoms in total. The summed E-state index contributed by atoms with van der Waals surface area (Å²) in [7, 11) is 0. The summed E-state index contributed by atoms with van der Waals surface area (Å²) in [6.07, 6.45) is 0.163. The first-order chi connectivity index (χ1) is 13.1. The highest BCUT2D eigenvalue weighted by molar-refractivity contribution is 7.99. The number of nitrogens with zero attached hydrogens (tertiary/aromatic N) is 2. The third kappa shape index (κ3) is 6.10. The van der Waals surface area contributed by atoms with E-state index < -0.39 is 0 Å². The van der Waals surface area contributed by atoms with Gasteiger partial charge in [0.25, 0.3) is 0 Å². The Morgan fingerprint density at radius 1 is 1.11 bits per heavy atom. The van der Waals surface area contributed by atoms with Gasteiger partial charge in [-0.05, 0) is 55.8 Å². The van der Waals surface area contributed by atoms with E-state index in [1.807, 2.05) is 49.9 Å². The Bertz CT molecular complexity index is 738. The first-order valence-electron chi connectivity index (χ1n) is 9.35. The van der Waals surface area contributed by atoms with E-state index in [4.69, 9.17) is 10.5 Å². The van der Waals surface area contributed by atoms with Gasteiger partial charge in [0, 0.05) is 36.0 Å². The van der Waals surface area contributed by atoms with Crippen molar-refractivity contribution in [2.75, 3.05) is 34.8 Å². The largest absolute Gasteiger partial charge is 0.491 e. The number of nitrogens with one attached hydrogen (secondary N) is 1. The van der Waals surface area contributed by atoms with Crippen molar-refractivity contribution in [2.45, 2.75) is 26.5 Å². The lowest BCUT2D eigenvalue weighted by Crippen LogP contribution is -2.32. The normalized spacial score (nSPS) is 15.1. The van der Waals surface area contributed by atoms with Crippen molar-refractivity contribution >= 4 is 29.1 Å². The molecule has 144 valence electrons. The topological polar surface area (TPSA) is 62.9 Å². The summed E-state index contributed by atoms with van der Waals surface area (Å²) >= 11 is 2.02. The van der Waals surface area contributed by atoms with Gasteiger partial charge in [0.1, 0.15) is 5.75 Å². The second-order valence-electron chi connectivity index (χ2n) is 6.78. The molecule has 1 heterocycles. The molecule has 3 N–H and O–H groups in total. The third-order valence-electron chi connectivity index (χ3n) is 4.24. The molecule has 0 aromatic heterocycles. The molecular formula is C21H28N4OS. The molecule has 6 heteroatoms. The molecule has 1 saturated heterocycles. The highest BCUT2D eigenvalue weighted by atomic mass is 32.2. The standard InChI is InChI=1S/C21H28N4OS/c1-16(2)26-20-9-5-18(6-10-20)24-21(22)23-15-17-3-7-19(8-4-17)25-11-13-27-14-12-25/h3-10,16H,11-15H2,1-2H3,(H3,22,23,24). The minimum absolute atomic E-state index is 0.163. The number of anilines is 2. The monoisotopic (exact) mass is 384 g/mol. The summed E-state index contributed by atoms with van der Waals surface area (Å²) in [6, 6.07) is 16.3. The number of aliphatic imine (C=N–C) groups is 1. The Morgan fingerprint density at radius 3 is 2.41 bits per heavy atom. The van der Waals surface area contributed by atoms with Crippen LogP contribution in [0.1, 0.15) is 19.4 Å². The van der Waals surface area contributed by atoms with Crippen LogP contribution in [0.4, 0.5) is 11.4 Å². The summed E-state index contributed by atoms with van der Waals surface area (Å²) < 4.78 is 5.64. The maximum absolute atomic E-state index is 6.02. The van der Waals surface area contributed by atoms with E-state index in [1.165, 1.54) is 17.2 Å². The molecule has 0 bridgehead atoms. The van der Waals surface area contributed by atoms with Crippen LogP contribution in [-0.2, 0) is 6.54 Å². The van der Waals surface area contributed by atoms with Crippen molar-refractivity contribution in [1.82, 2.24) is 0 Å². The summed E-state index contributed by atoms with van der Waals surface area (Å²) in [4.78, 5) is 6.87. The minimum atomic E-state index is 0.163. The van der Waals surface area contributed by atoms with Crippen molar-refractivity contribution in [3.8, 4) is 5.75 Å². The summed E-state index contributed by atoms with van der Waals surface area (Å²) in [5, 5.41) is 3.12. The van der Waals surface area contributed by atoms with Crippen LogP contribution in [0.2, 0.25) is 0 Å². The van der Waals surface area contributed by atoms with Crippen LogP contribution in [0.15, 0.2) is 53.5 Å². The predicted octanol–water partition coefficient (Wildman–Crippen LogP) is 3.95. The second kappa shape index (κ2) is 9.55. The zero-order valence-electron chi connectivity index (χ0n) is 16.0. The van der Waals surface area contributed by atoms with E-state index in [0.29, 0.717) is 12.5 Å². The lowest BCUT2D eigenvalue weighted by molar-refractivity contribution is 0.242. The highest BCUT2D eigenvalue weighted by Gasteiger charge is 2.10. The quantitative estimate of drug-likeness (QED) is 0.583. The van der Waals surface area contributed by atoms with Gasteiger partial charge < -0.3 is 20.7 Å². The molecule has 1 fully saturated rings. The Kier molecular flexibility index (Phi) is 6.87. The van der Waals surface area contributed by atoms with Crippen LogP contribution in [0.25, 0.3) is 0 Å². The fourth-order valence-corrected chi connectivity index (χ4v) is 3.79. The average molecular weight is 385 g/mol. The van der Waals surface area contributed by atoms with Crippen LogP contribution in [-0.4, -0.2) is 36.7 Å². The number of ether oxygens (including phenoxy) is 1. The van der Waals surface area contributed by atoms with Gasteiger partial charge in [0.2, 0.25) is 0 Å². The molecule has 0 spiro atoms. The van der Waals surface area contributed by atoms with E-state index in [2.05, 4.69) is 39.5 Å². The predicted molar refractivity (Wildman–Crippen MR) is 117 cm³/mol. The number of hydrogen-bond acceptors (Lipinski definition) is 4. The van der Waals surface area contributed by atoms with Crippen LogP contribution < -0.4 is 20.7 Å². The molecule has 1 aliphatic heterocycles. The van der Waals surface area contributed by atoms with Crippen LogP contribution in [0, 0.1) is 0 Å². The molecular weight excluding hydrogens is 356 g/mol. The molecule has 0 aliphatic carbocycles. The fraction of sp³-hybridized carbons (Fsp3) is 0.381. The smallest absolute Gasteiger partial charge is 0.193 e. The van der Waals surface area contributed by atoms with Gasteiger partial charge in [-0.3, -0.25) is 0 Å². The maximum atomic E-state index is 6.02. The summed E-state index contributed by atoms with van der Waals surface area (Å²) in [5.74, 6) is 3.67. The number of thioether (sulfide) groups is 1. The molecule has 27 heavy (non-hydrogen) atoms. The number of nitrogens with two attached hydrogens (primary N) is 1. The van der Waals surface area contributed by atoms with Gasteiger partial charge in [0.15, 0.2) is 5.96 Å². The number of hydrogen-bond donors (Lipinski definition) is 2. The molecule has 0 atom stereocenters. The Labute approximate surface area is 166 Å². The van der Waals surface area contributed by atoms with Crippen LogP contribution >= 0.6 is 11.8 Å². The van der Waals surface area contributed by atoms with Gasteiger partial charge >= 0.3 is 0 Å². The third-order valence-corrected chi connectivity index (χ3v) is 5.19. The number of rotatable bonds is 6. The first-order valence-corrected chi connectivity index (χ1v) is 10.5. The van der Waals surface area contributed by atoms with Gasteiger partial charge in [-0.15, -0.1) is 0 Å². The first kappa shape index (κ1) is 19.4. The Morgan fingerprint density at radius 2 is 1.78 bits per heavy atom. The van der Waals surface area contributed by atoms with Gasteiger partial charge in [-0.1, -0.05) is 12.1 Å². The zero-order valence-corrected chi connectivity index (χ0v) is 16.8. The molecule has 0 saturated carbocycles. The van der Waals surface area contributed by atoms with Crippen molar-refractivity contribution < 1.29 is 4.74 Å². The van der Waals surface area contributed by atoms with E-state index in [1.54, 1.807) is 0 Å². The maximum Gasteiger partial charge on any atom is 0.193 e. The molecule has 0 amide bonds. The Balaban J connectivity index is 1.52. The van der Waals surface area contributed by atoms with Gasteiger partial charge in [-0.25, -0.2) is 4.99 Å². The highest BCUT2D eigenvalue weighted by Crippen LogP contribution is 2.20. The van der Waals surface area contributed by atoms with E-state index in [9.17, 15) is 0 Å². The van der Waals surface area contributed by atoms with E-state index in [-0.39, 0.29) is 6.10 Å². The lowest BCUT2D eigenvalue weighted by Gasteiger charge is -2.28.